The second-order valence-electron chi connectivity index (χ2n) is 5.36. The highest BCUT2D eigenvalue weighted by atomic mass is 16.2. The fraction of sp³-hybridized carbons (Fsp3) is 0.467. The van der Waals surface area contributed by atoms with Crippen LogP contribution >= 0.6 is 0 Å². The predicted molar refractivity (Wildman–Crippen MR) is 73.5 cm³/mol. The van der Waals surface area contributed by atoms with Gasteiger partial charge in [0.25, 0.3) is 0 Å². The number of rotatable bonds is 4. The molecule has 1 heterocycles. The molecule has 1 fully saturated rings. The van der Waals surface area contributed by atoms with Crippen LogP contribution < -0.4 is 5.32 Å². The molecule has 1 aromatic rings. The van der Waals surface area contributed by atoms with Gasteiger partial charge in [-0.1, -0.05) is 44.2 Å². The molecule has 0 bridgehead atoms. The average Bonchev–Trinajstić information content (AvgIpc) is 2.39. The summed E-state index contributed by atoms with van der Waals surface area (Å²) >= 11 is 0. The molecule has 102 valence electrons. The Balaban J connectivity index is 2.17. The quantitative estimate of drug-likeness (QED) is 0.884. The van der Waals surface area contributed by atoms with Gasteiger partial charge in [-0.2, -0.15) is 0 Å². The van der Waals surface area contributed by atoms with Gasteiger partial charge in [0.1, 0.15) is 6.04 Å². The molecule has 1 N–H and O–H groups in total. The standard InChI is InChI=1S/C15H20N2O2/c1-11(2)10-17-13(15(19)16-9-14(17)18)8-12-6-4-3-5-7-12/h3-7,11,13H,8-10H2,1-2H3,(H,16,19). The molecular weight excluding hydrogens is 240 g/mol. The van der Waals surface area contributed by atoms with Crippen LogP contribution in [0.15, 0.2) is 30.3 Å². The zero-order chi connectivity index (χ0) is 13.8. The largest absolute Gasteiger partial charge is 0.345 e. The molecule has 1 atom stereocenters. The Morgan fingerprint density at radius 1 is 1.26 bits per heavy atom. The number of amides is 2. The number of nitrogens with one attached hydrogen (secondary N) is 1. The first-order valence-corrected chi connectivity index (χ1v) is 6.69. The third kappa shape index (κ3) is 3.34. The Morgan fingerprint density at radius 2 is 1.95 bits per heavy atom. The number of piperazine rings is 1. The highest BCUT2D eigenvalue weighted by Crippen LogP contribution is 2.14. The Labute approximate surface area is 113 Å². The molecule has 1 aromatic carbocycles. The van der Waals surface area contributed by atoms with Crippen molar-refractivity contribution >= 4 is 11.8 Å². The monoisotopic (exact) mass is 260 g/mol. The van der Waals surface area contributed by atoms with Crippen LogP contribution in [0, 0.1) is 5.92 Å². The smallest absolute Gasteiger partial charge is 0.243 e. The molecule has 4 heteroatoms. The molecule has 4 nitrogen and oxygen atoms in total. The molecule has 1 saturated heterocycles. The third-order valence-corrected chi connectivity index (χ3v) is 3.25. The van der Waals surface area contributed by atoms with E-state index in [0.717, 1.165) is 5.56 Å². The molecule has 1 aliphatic rings. The predicted octanol–water partition coefficient (Wildman–Crippen LogP) is 1.21. The minimum absolute atomic E-state index is 0.00855. The van der Waals surface area contributed by atoms with Crippen molar-refractivity contribution in [2.45, 2.75) is 26.3 Å². The summed E-state index contributed by atoms with van der Waals surface area (Å²) < 4.78 is 0. The number of hydrogen-bond donors (Lipinski definition) is 1. The van der Waals surface area contributed by atoms with Crippen molar-refractivity contribution in [3.63, 3.8) is 0 Å². The third-order valence-electron chi connectivity index (χ3n) is 3.25. The van der Waals surface area contributed by atoms with Gasteiger partial charge in [0, 0.05) is 13.0 Å². The van der Waals surface area contributed by atoms with Gasteiger partial charge in [-0.15, -0.1) is 0 Å². The first kappa shape index (κ1) is 13.6. The first-order valence-electron chi connectivity index (χ1n) is 6.69. The van der Waals surface area contributed by atoms with E-state index in [0.29, 0.717) is 18.9 Å². The van der Waals surface area contributed by atoms with E-state index in [2.05, 4.69) is 19.2 Å². The van der Waals surface area contributed by atoms with Gasteiger partial charge in [-0.05, 0) is 11.5 Å². The van der Waals surface area contributed by atoms with Crippen LogP contribution in [-0.2, 0) is 16.0 Å². The summed E-state index contributed by atoms with van der Waals surface area (Å²) in [6, 6.07) is 9.43. The average molecular weight is 260 g/mol. The van der Waals surface area contributed by atoms with Crippen LogP contribution in [-0.4, -0.2) is 35.8 Å². The summed E-state index contributed by atoms with van der Waals surface area (Å²) in [6.07, 6.45) is 0.575. The van der Waals surface area contributed by atoms with Gasteiger partial charge in [-0.3, -0.25) is 9.59 Å². The van der Waals surface area contributed by atoms with Crippen LogP contribution in [0.5, 0.6) is 0 Å². The van der Waals surface area contributed by atoms with E-state index in [-0.39, 0.29) is 24.4 Å². The number of carbonyl (C=O) groups is 2. The lowest BCUT2D eigenvalue weighted by Crippen LogP contribution is -2.59. The summed E-state index contributed by atoms with van der Waals surface area (Å²) in [7, 11) is 0. The van der Waals surface area contributed by atoms with Crippen molar-refractivity contribution in [2.75, 3.05) is 13.1 Å². The van der Waals surface area contributed by atoms with E-state index >= 15 is 0 Å². The molecular formula is C15H20N2O2. The van der Waals surface area contributed by atoms with E-state index in [1.165, 1.54) is 0 Å². The van der Waals surface area contributed by atoms with E-state index in [1.807, 2.05) is 30.3 Å². The molecule has 1 unspecified atom stereocenters. The molecule has 2 amide bonds. The molecule has 1 aliphatic heterocycles. The molecule has 19 heavy (non-hydrogen) atoms. The summed E-state index contributed by atoms with van der Waals surface area (Å²) in [5.74, 6) is 0.312. The van der Waals surface area contributed by atoms with Crippen molar-refractivity contribution in [2.24, 2.45) is 5.92 Å². The maximum Gasteiger partial charge on any atom is 0.243 e. The minimum Gasteiger partial charge on any atom is -0.345 e. The fourth-order valence-corrected chi connectivity index (χ4v) is 2.36. The molecule has 2 rings (SSSR count). The number of hydrogen-bond acceptors (Lipinski definition) is 2. The fourth-order valence-electron chi connectivity index (χ4n) is 2.36. The van der Waals surface area contributed by atoms with Gasteiger partial charge in [0.05, 0.1) is 6.54 Å². The second-order valence-corrected chi connectivity index (χ2v) is 5.36. The van der Waals surface area contributed by atoms with Crippen molar-refractivity contribution < 1.29 is 9.59 Å². The van der Waals surface area contributed by atoms with Crippen molar-refractivity contribution in [1.29, 1.82) is 0 Å². The van der Waals surface area contributed by atoms with E-state index < -0.39 is 0 Å². The lowest BCUT2D eigenvalue weighted by Gasteiger charge is -2.36. The Bertz CT molecular complexity index is 456. The number of carbonyl (C=O) groups excluding carboxylic acids is 2. The van der Waals surface area contributed by atoms with E-state index in [4.69, 9.17) is 0 Å². The maximum atomic E-state index is 12.0. The minimum atomic E-state index is -0.383. The summed E-state index contributed by atoms with van der Waals surface area (Å²) in [4.78, 5) is 25.7. The van der Waals surface area contributed by atoms with E-state index in [1.54, 1.807) is 4.90 Å². The van der Waals surface area contributed by atoms with Crippen LogP contribution in [0.25, 0.3) is 0 Å². The highest BCUT2D eigenvalue weighted by Gasteiger charge is 2.34. The van der Waals surface area contributed by atoms with Gasteiger partial charge < -0.3 is 10.2 Å². The molecule has 0 radical (unpaired) electrons. The van der Waals surface area contributed by atoms with Crippen LogP contribution in [0.4, 0.5) is 0 Å². The van der Waals surface area contributed by atoms with Crippen LogP contribution in [0.3, 0.4) is 0 Å². The van der Waals surface area contributed by atoms with Gasteiger partial charge in [-0.25, -0.2) is 0 Å². The molecule has 0 saturated carbocycles. The normalized spacial score (nSPS) is 19.7. The second kappa shape index (κ2) is 5.87. The first-order chi connectivity index (χ1) is 9.08. The zero-order valence-corrected chi connectivity index (χ0v) is 11.4. The maximum absolute atomic E-state index is 12.0. The van der Waals surface area contributed by atoms with Gasteiger partial charge in [0.2, 0.25) is 11.8 Å². The molecule has 0 spiro atoms. The highest BCUT2D eigenvalue weighted by molar-refractivity contribution is 5.95. The lowest BCUT2D eigenvalue weighted by atomic mass is 10.0. The Morgan fingerprint density at radius 3 is 2.58 bits per heavy atom. The Kier molecular flexibility index (Phi) is 4.20. The summed E-state index contributed by atoms with van der Waals surface area (Å²) in [6.45, 7) is 4.86. The van der Waals surface area contributed by atoms with Crippen LogP contribution in [0.2, 0.25) is 0 Å². The summed E-state index contributed by atoms with van der Waals surface area (Å²) in [5, 5.41) is 2.68. The van der Waals surface area contributed by atoms with Gasteiger partial charge in [0.15, 0.2) is 0 Å². The van der Waals surface area contributed by atoms with Crippen LogP contribution in [0.1, 0.15) is 19.4 Å². The van der Waals surface area contributed by atoms with Gasteiger partial charge >= 0.3 is 0 Å². The Hall–Kier alpha value is -1.84. The summed E-state index contributed by atoms with van der Waals surface area (Å²) in [5.41, 5.74) is 1.08. The lowest BCUT2D eigenvalue weighted by molar-refractivity contribution is -0.146. The topological polar surface area (TPSA) is 49.4 Å². The molecule has 0 aromatic heterocycles. The van der Waals surface area contributed by atoms with E-state index in [9.17, 15) is 9.59 Å². The molecule has 0 aliphatic carbocycles. The number of benzene rings is 1. The number of nitrogens with zero attached hydrogens (tertiary/aromatic N) is 1. The zero-order valence-electron chi connectivity index (χ0n) is 11.4. The van der Waals surface area contributed by atoms with Crippen molar-refractivity contribution in [1.82, 2.24) is 10.2 Å². The van der Waals surface area contributed by atoms with Crippen molar-refractivity contribution in [3.05, 3.63) is 35.9 Å². The van der Waals surface area contributed by atoms with Crippen molar-refractivity contribution in [3.8, 4) is 0 Å². The SMILES string of the molecule is CC(C)CN1C(=O)CNC(=O)C1Cc1ccccc1.